The van der Waals surface area contributed by atoms with E-state index in [4.69, 9.17) is 9.84 Å². The molecule has 0 bridgehead atoms. The average molecular weight is 431 g/mol. The van der Waals surface area contributed by atoms with Crippen LogP contribution in [0.3, 0.4) is 0 Å². The molecule has 1 aromatic heterocycles. The van der Waals surface area contributed by atoms with E-state index < -0.39 is 6.09 Å². The van der Waals surface area contributed by atoms with E-state index in [2.05, 4.69) is 20.1 Å². The largest absolute Gasteiger partial charge is 0.493 e. The smallest absolute Gasteiger partial charge is 0.404 e. The molecule has 3 heterocycles. The van der Waals surface area contributed by atoms with Crippen molar-refractivity contribution >= 4 is 11.9 Å². The highest BCUT2D eigenvalue weighted by molar-refractivity contribution is 5.64. The summed E-state index contributed by atoms with van der Waals surface area (Å²) in [5.41, 5.74) is 1.28. The van der Waals surface area contributed by atoms with Gasteiger partial charge in [-0.15, -0.1) is 0 Å². The first-order valence-electron chi connectivity index (χ1n) is 12.3. The minimum atomic E-state index is -0.888. The van der Waals surface area contributed by atoms with Crippen molar-refractivity contribution < 1.29 is 14.6 Å². The van der Waals surface area contributed by atoms with Gasteiger partial charge in [0, 0.05) is 50.4 Å². The van der Waals surface area contributed by atoms with Gasteiger partial charge in [0.25, 0.3) is 0 Å². The molecule has 1 amide bonds. The van der Waals surface area contributed by atoms with E-state index in [1.165, 1.54) is 37.7 Å². The van der Waals surface area contributed by atoms with Crippen molar-refractivity contribution in [1.82, 2.24) is 15.2 Å². The Kier molecular flexibility index (Phi) is 7.89. The molecule has 0 unspecified atom stereocenters. The normalized spacial score (nSPS) is 25.5. The molecule has 1 aromatic rings. The molecule has 0 aromatic carbocycles. The van der Waals surface area contributed by atoms with Crippen molar-refractivity contribution in [3.63, 3.8) is 0 Å². The number of fused-ring (bicyclic) bond motifs is 1. The summed E-state index contributed by atoms with van der Waals surface area (Å²) in [6, 6.07) is 2.13. The monoisotopic (exact) mass is 430 g/mol. The molecule has 3 fully saturated rings. The van der Waals surface area contributed by atoms with Crippen LogP contribution < -0.4 is 15.0 Å². The van der Waals surface area contributed by atoms with Crippen LogP contribution in [0, 0.1) is 5.92 Å². The van der Waals surface area contributed by atoms with E-state index in [1.807, 2.05) is 12.3 Å². The molecule has 2 saturated carbocycles. The number of amides is 1. The second kappa shape index (κ2) is 11.0. The van der Waals surface area contributed by atoms with Crippen LogP contribution in [0.4, 0.5) is 10.6 Å². The fourth-order valence-corrected chi connectivity index (χ4v) is 4.94. The second-order valence-electron chi connectivity index (χ2n) is 9.41. The standard InChI is InChI=1S/C20H30N4O3.C4H8/c25-20(26)22-16-3-1-15(2-4-16)6-9-23-10-12-24(13-11-23)19-17-7-14-27-18(17)5-8-21-19;1-2-4-3-1/h5,8,15-16,22H,1-4,6-7,9-14H2,(H,25,26);1-4H2. The van der Waals surface area contributed by atoms with Gasteiger partial charge >= 0.3 is 6.09 Å². The van der Waals surface area contributed by atoms with Crippen molar-refractivity contribution in [3.8, 4) is 5.75 Å². The van der Waals surface area contributed by atoms with Gasteiger partial charge in [-0.1, -0.05) is 25.7 Å². The molecular weight excluding hydrogens is 392 g/mol. The van der Waals surface area contributed by atoms with Crippen LogP contribution in [0.25, 0.3) is 0 Å². The summed E-state index contributed by atoms with van der Waals surface area (Å²) in [4.78, 5) is 20.3. The Morgan fingerprint density at radius 2 is 1.81 bits per heavy atom. The van der Waals surface area contributed by atoms with Gasteiger partial charge in [0.2, 0.25) is 0 Å². The zero-order valence-corrected chi connectivity index (χ0v) is 18.7. The van der Waals surface area contributed by atoms with Crippen LogP contribution in [0.2, 0.25) is 0 Å². The summed E-state index contributed by atoms with van der Waals surface area (Å²) in [6.45, 7) is 6.15. The zero-order chi connectivity index (χ0) is 21.5. The van der Waals surface area contributed by atoms with Crippen LogP contribution in [0.1, 0.15) is 63.4 Å². The number of hydrogen-bond donors (Lipinski definition) is 2. The molecule has 0 radical (unpaired) electrons. The maximum absolute atomic E-state index is 10.7. The topological polar surface area (TPSA) is 77.9 Å². The van der Waals surface area contributed by atoms with Crippen LogP contribution in [-0.2, 0) is 6.42 Å². The number of nitrogens with one attached hydrogen (secondary N) is 1. The zero-order valence-electron chi connectivity index (χ0n) is 18.7. The Morgan fingerprint density at radius 3 is 2.45 bits per heavy atom. The van der Waals surface area contributed by atoms with Crippen LogP contribution in [0.5, 0.6) is 5.75 Å². The Balaban J connectivity index is 0.000000520. The maximum atomic E-state index is 10.7. The van der Waals surface area contributed by atoms with Crippen molar-refractivity contribution in [1.29, 1.82) is 0 Å². The number of anilines is 1. The van der Waals surface area contributed by atoms with Crippen molar-refractivity contribution in [3.05, 3.63) is 17.8 Å². The van der Waals surface area contributed by atoms with Gasteiger partial charge in [-0.3, -0.25) is 4.90 Å². The summed E-state index contributed by atoms with van der Waals surface area (Å²) in [7, 11) is 0. The lowest BCUT2D eigenvalue weighted by atomic mass is 9.84. The van der Waals surface area contributed by atoms with E-state index in [0.717, 1.165) is 88.9 Å². The first kappa shape index (κ1) is 22.2. The van der Waals surface area contributed by atoms with Gasteiger partial charge in [0.1, 0.15) is 11.6 Å². The summed E-state index contributed by atoms with van der Waals surface area (Å²) < 4.78 is 5.67. The number of aromatic nitrogens is 1. The summed E-state index contributed by atoms with van der Waals surface area (Å²) >= 11 is 0. The predicted molar refractivity (Wildman–Crippen MR) is 122 cm³/mol. The number of piperazine rings is 1. The Morgan fingerprint density at radius 1 is 1.10 bits per heavy atom. The predicted octanol–water partition coefficient (Wildman–Crippen LogP) is 3.92. The number of hydrogen-bond acceptors (Lipinski definition) is 5. The van der Waals surface area contributed by atoms with Gasteiger partial charge in [-0.2, -0.15) is 0 Å². The molecule has 0 spiro atoms. The maximum Gasteiger partial charge on any atom is 0.404 e. The van der Waals surface area contributed by atoms with Gasteiger partial charge in [-0.25, -0.2) is 9.78 Å². The lowest BCUT2D eigenvalue weighted by molar-refractivity contribution is 0.177. The van der Waals surface area contributed by atoms with E-state index in [0.29, 0.717) is 0 Å². The molecule has 172 valence electrons. The van der Waals surface area contributed by atoms with Gasteiger partial charge < -0.3 is 20.1 Å². The number of pyridine rings is 1. The Hall–Kier alpha value is -2.02. The summed E-state index contributed by atoms with van der Waals surface area (Å²) in [5.74, 6) is 2.87. The minimum Gasteiger partial charge on any atom is -0.493 e. The molecule has 2 N–H and O–H groups in total. The van der Waals surface area contributed by atoms with Gasteiger partial charge in [0.15, 0.2) is 0 Å². The average Bonchev–Trinajstić information content (AvgIpc) is 3.21. The Bertz CT molecular complexity index is 705. The van der Waals surface area contributed by atoms with Crippen LogP contribution in [0.15, 0.2) is 12.3 Å². The highest BCUT2D eigenvalue weighted by Gasteiger charge is 2.26. The minimum absolute atomic E-state index is 0.159. The molecule has 7 nitrogen and oxygen atoms in total. The fraction of sp³-hybridized carbons (Fsp3) is 0.750. The second-order valence-corrected chi connectivity index (χ2v) is 9.41. The first-order valence-corrected chi connectivity index (χ1v) is 12.3. The van der Waals surface area contributed by atoms with Crippen LogP contribution in [-0.4, -0.2) is 66.5 Å². The van der Waals surface area contributed by atoms with Crippen molar-refractivity contribution in [2.24, 2.45) is 5.92 Å². The Labute approximate surface area is 186 Å². The van der Waals surface area contributed by atoms with E-state index in [-0.39, 0.29) is 6.04 Å². The van der Waals surface area contributed by atoms with Crippen LogP contribution >= 0.6 is 0 Å². The molecule has 31 heavy (non-hydrogen) atoms. The fourth-order valence-electron chi connectivity index (χ4n) is 4.94. The van der Waals surface area contributed by atoms with E-state index >= 15 is 0 Å². The third-order valence-electron chi connectivity index (χ3n) is 7.30. The molecule has 5 rings (SSSR count). The number of nitrogens with zero attached hydrogens (tertiary/aromatic N) is 3. The number of rotatable bonds is 5. The third kappa shape index (κ3) is 6.25. The molecule has 7 heteroatoms. The van der Waals surface area contributed by atoms with Gasteiger partial charge in [-0.05, 0) is 50.6 Å². The number of carbonyl (C=O) groups is 1. The van der Waals surface area contributed by atoms with Crippen molar-refractivity contribution in [2.45, 2.75) is 70.3 Å². The van der Waals surface area contributed by atoms with E-state index in [9.17, 15) is 4.79 Å². The number of ether oxygens (including phenoxy) is 1. The highest BCUT2D eigenvalue weighted by atomic mass is 16.5. The molecule has 2 aliphatic carbocycles. The molecule has 1 saturated heterocycles. The molecule has 0 atom stereocenters. The lowest BCUT2D eigenvalue weighted by Gasteiger charge is -2.37. The van der Waals surface area contributed by atoms with Crippen molar-refractivity contribution in [2.75, 3.05) is 44.2 Å². The molecule has 4 aliphatic rings. The lowest BCUT2D eigenvalue weighted by Crippen LogP contribution is -2.47. The quantitative estimate of drug-likeness (QED) is 0.737. The highest BCUT2D eigenvalue weighted by Crippen LogP contribution is 2.32. The summed E-state index contributed by atoms with van der Waals surface area (Å²) in [6.07, 6.45) is 13.4. The first-order chi connectivity index (χ1) is 15.2. The summed E-state index contributed by atoms with van der Waals surface area (Å²) in [5, 5.41) is 11.5. The SMILES string of the molecule is C1CCC1.O=C(O)NC1CCC(CCN2CCN(c3nccc4c3CCO4)CC2)CC1. The molecular formula is C24H38N4O3. The number of carboxylic acid groups (broad SMARTS) is 1. The third-order valence-corrected chi connectivity index (χ3v) is 7.30. The molecule has 2 aliphatic heterocycles. The van der Waals surface area contributed by atoms with Gasteiger partial charge in [0.05, 0.1) is 6.61 Å². The van der Waals surface area contributed by atoms with E-state index in [1.54, 1.807) is 0 Å².